The van der Waals surface area contributed by atoms with Crippen molar-refractivity contribution < 1.29 is 14.6 Å². The maximum absolute atomic E-state index is 12.7. The van der Waals surface area contributed by atoms with Crippen molar-refractivity contribution in [2.75, 3.05) is 6.61 Å². The highest BCUT2D eigenvalue weighted by atomic mass is 16.5. The van der Waals surface area contributed by atoms with Crippen LogP contribution < -0.4 is 5.43 Å². The Balaban J connectivity index is 2.02. The minimum absolute atomic E-state index is 0.0364. The molecular weight excluding hydrogens is 318 g/mol. The van der Waals surface area contributed by atoms with Crippen molar-refractivity contribution in [1.29, 1.82) is 0 Å². The number of carbonyl (C=O) groups excluding carboxylic acids is 1. The van der Waals surface area contributed by atoms with Gasteiger partial charge in [0, 0.05) is 16.3 Å². The number of pyridine rings is 1. The summed E-state index contributed by atoms with van der Waals surface area (Å²) in [7, 11) is 0. The fourth-order valence-electron chi connectivity index (χ4n) is 2.83. The van der Waals surface area contributed by atoms with Gasteiger partial charge in [-0.1, -0.05) is 30.8 Å². The number of carbonyl (C=O) groups is 1. The summed E-state index contributed by atoms with van der Waals surface area (Å²) in [6.45, 7) is 5.13. The smallest absolute Gasteiger partial charge is 0.333 e. The van der Waals surface area contributed by atoms with Crippen molar-refractivity contribution in [1.82, 2.24) is 4.57 Å². The van der Waals surface area contributed by atoms with Gasteiger partial charge in [-0.05, 0) is 31.2 Å². The van der Waals surface area contributed by atoms with E-state index in [9.17, 15) is 14.7 Å². The Morgan fingerprint density at radius 1 is 1.12 bits per heavy atom. The van der Waals surface area contributed by atoms with E-state index in [-0.39, 0.29) is 24.2 Å². The molecule has 1 unspecified atom stereocenters. The summed E-state index contributed by atoms with van der Waals surface area (Å²) in [5, 5.41) is 11.5. The van der Waals surface area contributed by atoms with Gasteiger partial charge in [-0.25, -0.2) is 4.79 Å². The second-order valence-corrected chi connectivity index (χ2v) is 6.01. The third kappa shape index (κ3) is 3.32. The summed E-state index contributed by atoms with van der Waals surface area (Å²) < 4.78 is 6.90. The minimum atomic E-state index is -0.905. The number of aromatic nitrogens is 1. The first-order valence-electron chi connectivity index (χ1n) is 8.00. The van der Waals surface area contributed by atoms with Crippen LogP contribution in [0.25, 0.3) is 21.8 Å². The molecule has 3 aromatic rings. The Kier molecular flexibility index (Phi) is 4.67. The largest absolute Gasteiger partial charge is 0.460 e. The van der Waals surface area contributed by atoms with Crippen molar-refractivity contribution in [2.24, 2.45) is 0 Å². The van der Waals surface area contributed by atoms with Gasteiger partial charge in [0.2, 0.25) is 0 Å². The summed E-state index contributed by atoms with van der Waals surface area (Å²) in [4.78, 5) is 24.1. The monoisotopic (exact) mass is 337 g/mol. The fourth-order valence-corrected chi connectivity index (χ4v) is 2.83. The number of nitrogens with zero attached hydrogens (tertiary/aromatic N) is 1. The maximum Gasteiger partial charge on any atom is 0.333 e. The number of benzene rings is 2. The first-order valence-corrected chi connectivity index (χ1v) is 8.00. The number of fused-ring (bicyclic) bond motifs is 2. The maximum atomic E-state index is 12.7. The molecule has 0 saturated heterocycles. The van der Waals surface area contributed by atoms with Crippen LogP contribution >= 0.6 is 0 Å². The SMILES string of the molecule is C=C(C)C(=O)OCC(O)Cn1c2ccccc2c(=O)c2ccccc21. The van der Waals surface area contributed by atoms with Crippen LogP contribution in [0.3, 0.4) is 0 Å². The molecule has 0 spiro atoms. The molecule has 2 aromatic carbocycles. The van der Waals surface area contributed by atoms with Crippen molar-refractivity contribution >= 4 is 27.8 Å². The average molecular weight is 337 g/mol. The summed E-state index contributed by atoms with van der Waals surface area (Å²) >= 11 is 0. The van der Waals surface area contributed by atoms with Gasteiger partial charge in [0.15, 0.2) is 5.43 Å². The first kappa shape index (κ1) is 16.9. The first-order chi connectivity index (χ1) is 12.0. The quantitative estimate of drug-likeness (QED) is 0.441. The summed E-state index contributed by atoms with van der Waals surface area (Å²) in [6.07, 6.45) is -0.905. The van der Waals surface area contributed by atoms with E-state index in [1.807, 2.05) is 41.0 Å². The number of esters is 1. The Morgan fingerprint density at radius 2 is 1.64 bits per heavy atom. The topological polar surface area (TPSA) is 68.5 Å². The lowest BCUT2D eigenvalue weighted by atomic mass is 10.1. The van der Waals surface area contributed by atoms with Gasteiger partial charge in [0.1, 0.15) is 12.7 Å². The molecule has 0 aliphatic heterocycles. The van der Waals surface area contributed by atoms with Gasteiger partial charge in [0.25, 0.3) is 0 Å². The van der Waals surface area contributed by atoms with E-state index in [0.29, 0.717) is 10.8 Å². The number of hydrogen-bond acceptors (Lipinski definition) is 4. The van der Waals surface area contributed by atoms with Crippen LogP contribution in [-0.2, 0) is 16.1 Å². The van der Waals surface area contributed by atoms with E-state index in [0.717, 1.165) is 11.0 Å². The highest BCUT2D eigenvalue weighted by Gasteiger charge is 2.15. The number of hydrogen-bond donors (Lipinski definition) is 1. The molecule has 1 heterocycles. The molecule has 0 amide bonds. The standard InChI is InChI=1S/C20H19NO4/c1-13(2)20(24)25-12-14(22)11-21-17-9-5-3-7-15(17)19(23)16-8-4-6-10-18(16)21/h3-10,14,22H,1,11-12H2,2H3. The van der Waals surface area contributed by atoms with Gasteiger partial charge in [0.05, 0.1) is 17.6 Å². The van der Waals surface area contributed by atoms with Crippen LogP contribution in [0.15, 0.2) is 65.5 Å². The highest BCUT2D eigenvalue weighted by Crippen LogP contribution is 2.19. The second kappa shape index (κ2) is 6.91. The predicted octanol–water partition coefficient (Wildman–Crippen LogP) is 2.63. The third-order valence-electron chi connectivity index (χ3n) is 4.03. The lowest BCUT2D eigenvalue weighted by Crippen LogP contribution is -2.25. The zero-order valence-electron chi connectivity index (χ0n) is 13.9. The van der Waals surface area contributed by atoms with E-state index in [2.05, 4.69) is 6.58 Å². The molecule has 0 aliphatic rings. The van der Waals surface area contributed by atoms with Gasteiger partial charge in [-0.2, -0.15) is 0 Å². The van der Waals surface area contributed by atoms with Crippen LogP contribution in [0, 0.1) is 0 Å². The molecule has 0 aliphatic carbocycles. The summed E-state index contributed by atoms with van der Waals surface area (Å²) in [5.74, 6) is -0.534. The number of aliphatic hydroxyl groups is 1. The van der Waals surface area contributed by atoms with E-state index >= 15 is 0 Å². The van der Waals surface area contributed by atoms with Crippen molar-refractivity contribution in [3.05, 3.63) is 70.9 Å². The van der Waals surface area contributed by atoms with Gasteiger partial charge < -0.3 is 14.4 Å². The molecule has 1 N–H and O–H groups in total. The molecule has 0 fully saturated rings. The molecular formula is C20H19NO4. The molecule has 1 atom stereocenters. The number of ether oxygens (including phenoxy) is 1. The lowest BCUT2D eigenvalue weighted by molar-refractivity contribution is -0.142. The van der Waals surface area contributed by atoms with Crippen LogP contribution in [0.4, 0.5) is 0 Å². The normalized spacial score (nSPS) is 12.2. The lowest BCUT2D eigenvalue weighted by Gasteiger charge is -2.18. The molecule has 0 bridgehead atoms. The Morgan fingerprint density at radius 3 is 2.16 bits per heavy atom. The summed E-state index contributed by atoms with van der Waals surface area (Å²) in [5.41, 5.74) is 1.71. The molecule has 128 valence electrons. The zero-order chi connectivity index (χ0) is 18.0. The van der Waals surface area contributed by atoms with Gasteiger partial charge in [-0.3, -0.25) is 4.79 Å². The predicted molar refractivity (Wildman–Crippen MR) is 97.5 cm³/mol. The highest BCUT2D eigenvalue weighted by molar-refractivity contribution is 5.93. The molecule has 0 radical (unpaired) electrons. The molecule has 1 aromatic heterocycles. The Labute approximate surface area is 144 Å². The Hall–Kier alpha value is -2.92. The summed E-state index contributed by atoms with van der Waals surface area (Å²) in [6, 6.07) is 14.6. The minimum Gasteiger partial charge on any atom is -0.460 e. The van der Waals surface area contributed by atoms with Gasteiger partial charge >= 0.3 is 5.97 Å². The fraction of sp³-hybridized carbons (Fsp3) is 0.200. The Bertz CT molecular complexity index is 959. The average Bonchev–Trinajstić information content (AvgIpc) is 2.63. The van der Waals surface area contributed by atoms with Crippen molar-refractivity contribution in [3.8, 4) is 0 Å². The van der Waals surface area contributed by atoms with Crippen LogP contribution in [0.5, 0.6) is 0 Å². The van der Waals surface area contributed by atoms with E-state index in [1.165, 1.54) is 0 Å². The molecule has 3 rings (SSSR count). The van der Waals surface area contributed by atoms with E-state index in [1.54, 1.807) is 19.1 Å². The number of aliphatic hydroxyl groups excluding tert-OH is 1. The molecule has 5 nitrogen and oxygen atoms in total. The molecule has 5 heteroatoms. The van der Waals surface area contributed by atoms with Crippen LogP contribution in [0.1, 0.15) is 6.92 Å². The van der Waals surface area contributed by atoms with E-state index < -0.39 is 12.1 Å². The third-order valence-corrected chi connectivity index (χ3v) is 4.03. The molecule has 25 heavy (non-hydrogen) atoms. The second-order valence-electron chi connectivity index (χ2n) is 6.01. The van der Waals surface area contributed by atoms with E-state index in [4.69, 9.17) is 4.74 Å². The number of rotatable bonds is 5. The van der Waals surface area contributed by atoms with Crippen LogP contribution in [0.2, 0.25) is 0 Å². The van der Waals surface area contributed by atoms with Crippen molar-refractivity contribution in [3.63, 3.8) is 0 Å². The van der Waals surface area contributed by atoms with Gasteiger partial charge in [-0.15, -0.1) is 0 Å². The number of para-hydroxylation sites is 2. The zero-order valence-corrected chi connectivity index (χ0v) is 13.9. The van der Waals surface area contributed by atoms with Crippen LogP contribution in [-0.4, -0.2) is 28.4 Å². The molecule has 0 saturated carbocycles. The van der Waals surface area contributed by atoms with Crippen molar-refractivity contribution in [2.45, 2.75) is 19.6 Å².